The summed E-state index contributed by atoms with van der Waals surface area (Å²) < 4.78 is 0. The van der Waals surface area contributed by atoms with Crippen LogP contribution in [0.5, 0.6) is 0 Å². The second-order valence-corrected chi connectivity index (χ2v) is 5.31. The normalized spacial score (nSPS) is 27.0. The first-order chi connectivity index (χ1) is 7.61. The van der Waals surface area contributed by atoms with E-state index in [1.807, 2.05) is 0 Å². The van der Waals surface area contributed by atoms with Gasteiger partial charge >= 0.3 is 0 Å². The van der Waals surface area contributed by atoms with Gasteiger partial charge in [0.05, 0.1) is 6.10 Å². The molecule has 3 unspecified atom stereocenters. The van der Waals surface area contributed by atoms with Gasteiger partial charge in [-0.2, -0.15) is 0 Å². The van der Waals surface area contributed by atoms with Gasteiger partial charge in [-0.25, -0.2) is 0 Å². The van der Waals surface area contributed by atoms with Crippen LogP contribution in [0.3, 0.4) is 0 Å². The van der Waals surface area contributed by atoms with Crippen molar-refractivity contribution in [3.8, 4) is 0 Å². The summed E-state index contributed by atoms with van der Waals surface area (Å²) in [5.74, 6) is 1.12. The number of aliphatic hydroxyl groups excluding tert-OH is 1. The monoisotopic (exact) mass is 218 g/mol. The van der Waals surface area contributed by atoms with E-state index in [4.69, 9.17) is 0 Å². The predicted molar refractivity (Wildman–Crippen MR) is 67.4 cm³/mol. The van der Waals surface area contributed by atoms with Gasteiger partial charge in [0, 0.05) is 0 Å². The molecule has 0 aliphatic heterocycles. The lowest BCUT2D eigenvalue weighted by atomic mass is 9.85. The number of benzene rings is 1. The first-order valence-electron chi connectivity index (χ1n) is 6.35. The Kier molecular flexibility index (Phi) is 3.34. The smallest absolute Gasteiger partial charge is 0.0823 e. The Labute approximate surface area is 98.5 Å². The van der Waals surface area contributed by atoms with Gasteiger partial charge < -0.3 is 5.11 Å². The maximum absolute atomic E-state index is 10.5. The Morgan fingerprint density at radius 3 is 2.62 bits per heavy atom. The molecule has 2 rings (SSSR count). The predicted octanol–water partition coefficient (Wildman–Crippen LogP) is 3.77. The third-order valence-corrected chi connectivity index (χ3v) is 4.30. The van der Waals surface area contributed by atoms with E-state index in [-0.39, 0.29) is 6.10 Å². The molecule has 0 spiro atoms. The largest absolute Gasteiger partial charge is 0.388 e. The van der Waals surface area contributed by atoms with Gasteiger partial charge in [0.25, 0.3) is 0 Å². The number of aliphatic hydroxyl groups is 1. The second-order valence-electron chi connectivity index (χ2n) is 5.31. The highest BCUT2D eigenvalue weighted by molar-refractivity contribution is 5.35. The van der Waals surface area contributed by atoms with Gasteiger partial charge in [0.15, 0.2) is 0 Å². The molecule has 0 heterocycles. The van der Waals surface area contributed by atoms with Crippen LogP contribution in [0, 0.1) is 25.7 Å². The third-order valence-electron chi connectivity index (χ3n) is 4.30. The molecule has 88 valence electrons. The van der Waals surface area contributed by atoms with E-state index in [2.05, 4.69) is 39.0 Å². The van der Waals surface area contributed by atoms with Crippen LogP contribution in [0.2, 0.25) is 0 Å². The van der Waals surface area contributed by atoms with Crippen molar-refractivity contribution in [2.24, 2.45) is 11.8 Å². The van der Waals surface area contributed by atoms with Crippen LogP contribution in [-0.2, 0) is 0 Å². The average Bonchev–Trinajstić information content (AvgIpc) is 2.68. The lowest BCUT2D eigenvalue weighted by Crippen LogP contribution is -2.16. The maximum Gasteiger partial charge on any atom is 0.0823 e. The summed E-state index contributed by atoms with van der Waals surface area (Å²) in [6.07, 6.45) is 3.45. The van der Waals surface area contributed by atoms with Gasteiger partial charge in [-0.05, 0) is 48.8 Å². The topological polar surface area (TPSA) is 20.2 Å². The molecule has 1 aliphatic rings. The minimum atomic E-state index is -0.266. The minimum Gasteiger partial charge on any atom is -0.388 e. The molecular formula is C15H22O. The van der Waals surface area contributed by atoms with Crippen molar-refractivity contribution >= 4 is 0 Å². The lowest BCUT2D eigenvalue weighted by Gasteiger charge is -2.24. The molecule has 1 N–H and O–H groups in total. The van der Waals surface area contributed by atoms with E-state index < -0.39 is 0 Å². The van der Waals surface area contributed by atoms with E-state index in [0.29, 0.717) is 11.8 Å². The minimum absolute atomic E-state index is 0.266. The molecule has 1 aromatic carbocycles. The van der Waals surface area contributed by atoms with Crippen LogP contribution < -0.4 is 0 Å². The van der Waals surface area contributed by atoms with Crippen LogP contribution in [0.4, 0.5) is 0 Å². The average molecular weight is 218 g/mol. The van der Waals surface area contributed by atoms with Crippen LogP contribution in [0.1, 0.15) is 49.0 Å². The molecule has 1 fully saturated rings. The van der Waals surface area contributed by atoms with E-state index in [1.54, 1.807) is 0 Å². The van der Waals surface area contributed by atoms with Crippen LogP contribution in [0.25, 0.3) is 0 Å². The van der Waals surface area contributed by atoms with Crippen LogP contribution in [0.15, 0.2) is 18.2 Å². The fraction of sp³-hybridized carbons (Fsp3) is 0.600. The third kappa shape index (κ3) is 2.01. The number of hydrogen-bond donors (Lipinski definition) is 1. The fourth-order valence-electron chi connectivity index (χ4n) is 2.97. The molecule has 0 amide bonds. The van der Waals surface area contributed by atoms with Gasteiger partial charge in [-0.15, -0.1) is 0 Å². The van der Waals surface area contributed by atoms with E-state index in [9.17, 15) is 5.11 Å². The summed E-state index contributed by atoms with van der Waals surface area (Å²) in [5.41, 5.74) is 3.68. The van der Waals surface area contributed by atoms with Gasteiger partial charge in [0.1, 0.15) is 0 Å². The SMILES string of the molecule is Cc1cccc(C(O)C2CCCC2C)c1C. The molecular weight excluding hydrogens is 196 g/mol. The standard InChI is InChI=1S/C15H22O/c1-10-6-4-9-14(12(10)3)15(16)13-8-5-7-11(13)2/h4,6,9,11,13,15-16H,5,7-8H2,1-3H3. The van der Waals surface area contributed by atoms with Gasteiger partial charge in [-0.1, -0.05) is 38.0 Å². The summed E-state index contributed by atoms with van der Waals surface area (Å²) in [5, 5.41) is 10.5. The van der Waals surface area contributed by atoms with E-state index in [0.717, 1.165) is 5.56 Å². The Bertz CT molecular complexity index is 370. The zero-order valence-electron chi connectivity index (χ0n) is 10.5. The highest BCUT2D eigenvalue weighted by Gasteiger charge is 2.31. The molecule has 0 aromatic heterocycles. The summed E-state index contributed by atoms with van der Waals surface area (Å²) in [6.45, 7) is 6.50. The van der Waals surface area contributed by atoms with Gasteiger partial charge in [0.2, 0.25) is 0 Å². The number of aryl methyl sites for hydroxylation is 1. The summed E-state index contributed by atoms with van der Waals surface area (Å²) >= 11 is 0. The lowest BCUT2D eigenvalue weighted by molar-refractivity contribution is 0.0894. The molecule has 1 nitrogen and oxygen atoms in total. The molecule has 3 atom stereocenters. The van der Waals surface area contributed by atoms with Crippen molar-refractivity contribution in [2.75, 3.05) is 0 Å². The second kappa shape index (κ2) is 4.58. The number of hydrogen-bond acceptors (Lipinski definition) is 1. The molecule has 1 aliphatic carbocycles. The van der Waals surface area contributed by atoms with Crippen molar-refractivity contribution in [1.82, 2.24) is 0 Å². The van der Waals surface area contributed by atoms with Crippen molar-refractivity contribution in [3.05, 3.63) is 34.9 Å². The Morgan fingerprint density at radius 1 is 1.25 bits per heavy atom. The molecule has 1 heteroatoms. The van der Waals surface area contributed by atoms with Crippen LogP contribution >= 0.6 is 0 Å². The molecule has 1 saturated carbocycles. The quantitative estimate of drug-likeness (QED) is 0.801. The first-order valence-corrected chi connectivity index (χ1v) is 6.35. The molecule has 0 bridgehead atoms. The molecule has 0 saturated heterocycles. The molecule has 1 aromatic rings. The van der Waals surface area contributed by atoms with E-state index in [1.165, 1.54) is 30.4 Å². The van der Waals surface area contributed by atoms with Crippen molar-refractivity contribution < 1.29 is 5.11 Å². The van der Waals surface area contributed by atoms with Crippen molar-refractivity contribution in [1.29, 1.82) is 0 Å². The molecule has 0 radical (unpaired) electrons. The fourth-order valence-corrected chi connectivity index (χ4v) is 2.97. The molecule has 16 heavy (non-hydrogen) atoms. The highest BCUT2D eigenvalue weighted by Crippen LogP contribution is 2.40. The van der Waals surface area contributed by atoms with Crippen molar-refractivity contribution in [2.45, 2.75) is 46.1 Å². The van der Waals surface area contributed by atoms with Crippen molar-refractivity contribution in [3.63, 3.8) is 0 Å². The maximum atomic E-state index is 10.5. The summed E-state index contributed by atoms with van der Waals surface area (Å²) in [6, 6.07) is 6.25. The first kappa shape index (κ1) is 11.7. The Hall–Kier alpha value is -0.820. The van der Waals surface area contributed by atoms with E-state index >= 15 is 0 Å². The summed E-state index contributed by atoms with van der Waals surface area (Å²) in [4.78, 5) is 0. The van der Waals surface area contributed by atoms with Gasteiger partial charge in [-0.3, -0.25) is 0 Å². The Balaban J connectivity index is 2.26. The number of rotatable bonds is 2. The zero-order valence-corrected chi connectivity index (χ0v) is 10.5. The zero-order chi connectivity index (χ0) is 11.7. The Morgan fingerprint density at radius 2 is 2.00 bits per heavy atom. The highest BCUT2D eigenvalue weighted by atomic mass is 16.3. The summed E-state index contributed by atoms with van der Waals surface area (Å²) in [7, 11) is 0. The van der Waals surface area contributed by atoms with Crippen LogP contribution in [-0.4, -0.2) is 5.11 Å².